The molecule has 2 fully saturated rings. The number of likely N-dealkylation sites (tertiary alicyclic amines) is 1. The van der Waals surface area contributed by atoms with Crippen LogP contribution < -0.4 is 5.32 Å². The van der Waals surface area contributed by atoms with Crippen LogP contribution in [0.3, 0.4) is 0 Å². The minimum Gasteiger partial charge on any atom is -0.441 e. The third kappa shape index (κ3) is 4.24. The lowest BCUT2D eigenvalue weighted by Crippen LogP contribution is -2.40. The van der Waals surface area contributed by atoms with E-state index in [1.165, 1.54) is 38.5 Å². The maximum Gasteiger partial charge on any atom is 0.273 e. The molecule has 0 bridgehead atoms. The van der Waals surface area contributed by atoms with Crippen LogP contribution in [0.1, 0.15) is 61.2 Å². The minimum absolute atomic E-state index is 0.119. The summed E-state index contributed by atoms with van der Waals surface area (Å²) in [7, 11) is 0. The zero-order valence-electron chi connectivity index (χ0n) is 16.1. The van der Waals surface area contributed by atoms with Gasteiger partial charge in [0.15, 0.2) is 5.69 Å². The van der Waals surface area contributed by atoms with Gasteiger partial charge in [0.1, 0.15) is 5.76 Å². The standard InChI is InChI=1S/C22H29N3O2/c1-16-20(24-22(27-16)17-9-5-4-6-10-17)21(26)23-18-13-14-25(15-18)19-11-7-2-3-8-12-19/h4-6,9-10,18-19H,2-3,7-8,11-15H2,1H3,(H,23,26). The summed E-state index contributed by atoms with van der Waals surface area (Å²) in [6.45, 7) is 3.85. The number of benzene rings is 1. The Morgan fingerprint density at radius 1 is 1.11 bits per heavy atom. The third-order valence-corrected chi connectivity index (χ3v) is 5.93. The van der Waals surface area contributed by atoms with Crippen LogP contribution >= 0.6 is 0 Å². The van der Waals surface area contributed by atoms with Crippen molar-refractivity contribution in [2.45, 2.75) is 64.0 Å². The van der Waals surface area contributed by atoms with Crippen molar-refractivity contribution >= 4 is 5.91 Å². The number of nitrogens with zero attached hydrogens (tertiary/aromatic N) is 2. The molecule has 1 aromatic carbocycles. The van der Waals surface area contributed by atoms with Gasteiger partial charge in [0.05, 0.1) is 0 Å². The molecule has 1 saturated heterocycles. The molecule has 5 nitrogen and oxygen atoms in total. The van der Waals surface area contributed by atoms with Crippen LogP contribution in [0.2, 0.25) is 0 Å². The number of nitrogens with one attached hydrogen (secondary N) is 1. The Morgan fingerprint density at radius 2 is 1.85 bits per heavy atom. The van der Waals surface area contributed by atoms with Crippen molar-refractivity contribution in [3.63, 3.8) is 0 Å². The summed E-state index contributed by atoms with van der Waals surface area (Å²) in [4.78, 5) is 19.8. The lowest BCUT2D eigenvalue weighted by Gasteiger charge is -2.26. The Bertz CT molecular complexity index is 763. The van der Waals surface area contributed by atoms with Gasteiger partial charge in [0, 0.05) is 30.7 Å². The first-order valence-corrected chi connectivity index (χ1v) is 10.3. The van der Waals surface area contributed by atoms with Crippen molar-refractivity contribution in [3.8, 4) is 11.5 Å². The summed E-state index contributed by atoms with van der Waals surface area (Å²) < 4.78 is 5.73. The fraction of sp³-hybridized carbons (Fsp3) is 0.545. The highest BCUT2D eigenvalue weighted by Crippen LogP contribution is 2.26. The van der Waals surface area contributed by atoms with Crippen molar-refractivity contribution in [1.82, 2.24) is 15.2 Å². The lowest BCUT2D eigenvalue weighted by molar-refractivity contribution is 0.0929. The second kappa shape index (κ2) is 8.26. The first-order chi connectivity index (χ1) is 13.2. The van der Waals surface area contributed by atoms with Gasteiger partial charge in [-0.1, -0.05) is 43.9 Å². The highest BCUT2D eigenvalue weighted by molar-refractivity contribution is 5.93. The fourth-order valence-corrected chi connectivity index (χ4v) is 4.42. The number of oxazole rings is 1. The zero-order valence-corrected chi connectivity index (χ0v) is 16.1. The van der Waals surface area contributed by atoms with E-state index in [-0.39, 0.29) is 11.9 Å². The van der Waals surface area contributed by atoms with Crippen molar-refractivity contribution in [2.24, 2.45) is 0 Å². The molecule has 27 heavy (non-hydrogen) atoms. The van der Waals surface area contributed by atoms with Crippen LogP contribution in [0.5, 0.6) is 0 Å². The fourth-order valence-electron chi connectivity index (χ4n) is 4.42. The van der Waals surface area contributed by atoms with Gasteiger partial charge in [0.2, 0.25) is 5.89 Å². The summed E-state index contributed by atoms with van der Waals surface area (Å²) in [5.41, 5.74) is 1.29. The van der Waals surface area contributed by atoms with Gasteiger partial charge in [-0.15, -0.1) is 0 Å². The topological polar surface area (TPSA) is 58.4 Å². The second-order valence-corrected chi connectivity index (χ2v) is 7.89. The number of aromatic nitrogens is 1. The number of rotatable bonds is 4. The van der Waals surface area contributed by atoms with Gasteiger partial charge in [0.25, 0.3) is 5.91 Å². The molecule has 2 heterocycles. The predicted octanol–water partition coefficient (Wildman–Crippen LogP) is 4.18. The van der Waals surface area contributed by atoms with Crippen molar-refractivity contribution in [1.29, 1.82) is 0 Å². The number of carbonyl (C=O) groups is 1. The molecular formula is C22H29N3O2. The summed E-state index contributed by atoms with van der Waals surface area (Å²) in [6, 6.07) is 10.6. The Hall–Kier alpha value is -2.14. The van der Waals surface area contributed by atoms with E-state index in [4.69, 9.17) is 4.42 Å². The average Bonchev–Trinajstić information content (AvgIpc) is 3.20. The molecule has 2 aliphatic rings. The maximum atomic E-state index is 12.8. The molecule has 1 aliphatic carbocycles. The second-order valence-electron chi connectivity index (χ2n) is 7.89. The number of aryl methyl sites for hydroxylation is 1. The number of hydrogen-bond acceptors (Lipinski definition) is 4. The van der Waals surface area contributed by atoms with E-state index in [1.54, 1.807) is 6.92 Å². The first-order valence-electron chi connectivity index (χ1n) is 10.3. The van der Waals surface area contributed by atoms with Gasteiger partial charge in [-0.2, -0.15) is 0 Å². The molecule has 1 N–H and O–H groups in total. The third-order valence-electron chi connectivity index (χ3n) is 5.93. The number of carbonyl (C=O) groups excluding carboxylic acids is 1. The Balaban J connectivity index is 1.38. The quantitative estimate of drug-likeness (QED) is 0.824. The molecule has 5 heteroatoms. The molecule has 4 rings (SSSR count). The van der Waals surface area contributed by atoms with Gasteiger partial charge in [-0.3, -0.25) is 9.69 Å². The Labute approximate surface area is 161 Å². The maximum absolute atomic E-state index is 12.8. The molecule has 1 aromatic heterocycles. The SMILES string of the molecule is Cc1oc(-c2ccccc2)nc1C(=O)NC1CCN(C2CCCCCC2)C1. The zero-order chi connectivity index (χ0) is 18.6. The van der Waals surface area contributed by atoms with Crippen LogP contribution in [-0.4, -0.2) is 41.0 Å². The van der Waals surface area contributed by atoms with Crippen LogP contribution in [0.25, 0.3) is 11.5 Å². The van der Waals surface area contributed by atoms with Crippen molar-refractivity contribution in [2.75, 3.05) is 13.1 Å². The highest BCUT2D eigenvalue weighted by atomic mass is 16.4. The Kier molecular flexibility index (Phi) is 5.58. The molecule has 0 radical (unpaired) electrons. The van der Waals surface area contributed by atoms with Gasteiger partial charge < -0.3 is 9.73 Å². The van der Waals surface area contributed by atoms with Crippen molar-refractivity contribution < 1.29 is 9.21 Å². The highest BCUT2D eigenvalue weighted by Gasteiger charge is 2.30. The minimum atomic E-state index is -0.119. The van der Waals surface area contributed by atoms with Crippen LogP contribution in [0.4, 0.5) is 0 Å². The van der Waals surface area contributed by atoms with Crippen molar-refractivity contribution in [3.05, 3.63) is 41.8 Å². The normalized spacial score (nSPS) is 21.9. The average molecular weight is 367 g/mol. The molecule has 0 spiro atoms. The largest absolute Gasteiger partial charge is 0.441 e. The van der Waals surface area contributed by atoms with E-state index >= 15 is 0 Å². The van der Waals surface area contributed by atoms with E-state index in [1.807, 2.05) is 30.3 Å². The first kappa shape index (κ1) is 18.2. The van der Waals surface area contributed by atoms with Crippen LogP contribution in [0, 0.1) is 6.92 Å². The summed E-state index contributed by atoms with van der Waals surface area (Å²) in [5.74, 6) is 0.959. The van der Waals surface area contributed by atoms with E-state index in [0.717, 1.165) is 25.1 Å². The molecule has 1 atom stereocenters. The molecule has 2 aromatic rings. The lowest BCUT2D eigenvalue weighted by atomic mass is 10.1. The van der Waals surface area contributed by atoms with Gasteiger partial charge in [-0.05, 0) is 38.3 Å². The van der Waals surface area contributed by atoms with Crippen LogP contribution in [0.15, 0.2) is 34.7 Å². The molecule has 1 unspecified atom stereocenters. The monoisotopic (exact) mass is 367 g/mol. The van der Waals surface area contributed by atoms with Gasteiger partial charge >= 0.3 is 0 Å². The van der Waals surface area contributed by atoms with Crippen LogP contribution in [-0.2, 0) is 0 Å². The molecule has 144 valence electrons. The van der Waals surface area contributed by atoms with E-state index in [0.29, 0.717) is 23.4 Å². The Morgan fingerprint density at radius 3 is 2.59 bits per heavy atom. The predicted molar refractivity (Wildman–Crippen MR) is 106 cm³/mol. The van der Waals surface area contributed by atoms with E-state index < -0.39 is 0 Å². The summed E-state index contributed by atoms with van der Waals surface area (Å²) in [5, 5.41) is 3.18. The molecular weight excluding hydrogens is 338 g/mol. The van der Waals surface area contributed by atoms with Gasteiger partial charge in [-0.25, -0.2) is 4.98 Å². The molecule has 1 saturated carbocycles. The summed E-state index contributed by atoms with van der Waals surface area (Å²) in [6.07, 6.45) is 9.08. The van der Waals surface area contributed by atoms with E-state index in [2.05, 4.69) is 15.2 Å². The molecule has 1 amide bonds. The number of hydrogen-bond donors (Lipinski definition) is 1. The van der Waals surface area contributed by atoms with E-state index in [9.17, 15) is 4.79 Å². The summed E-state index contributed by atoms with van der Waals surface area (Å²) >= 11 is 0. The molecule has 1 aliphatic heterocycles. The smallest absolute Gasteiger partial charge is 0.273 e. The number of amides is 1.